The maximum atomic E-state index is 13.8. The number of nitrogens with zero attached hydrogens (tertiary/aromatic N) is 2. The standard InChI is InChI=1S/C21H22F2N4O/c1-13-5-8-15(9-6-13)27-19(12-18(26-27)21(2,3)4)25-20(28)24-17-10-7-14(22)11-16(17)23/h5-12H,1-4H3,(H2,24,25,28). The first kappa shape index (κ1) is 19.5. The van der Waals surface area contributed by atoms with Crippen molar-refractivity contribution in [3.05, 3.63) is 71.4 Å². The zero-order valence-electron chi connectivity index (χ0n) is 16.2. The summed E-state index contributed by atoms with van der Waals surface area (Å²) in [5.41, 5.74) is 2.33. The number of benzene rings is 2. The Morgan fingerprint density at radius 1 is 1.00 bits per heavy atom. The number of hydrogen-bond acceptors (Lipinski definition) is 2. The second-order valence-corrected chi connectivity index (χ2v) is 7.62. The zero-order valence-corrected chi connectivity index (χ0v) is 16.2. The number of carbonyl (C=O) groups is 1. The molecule has 1 heterocycles. The third-order valence-corrected chi connectivity index (χ3v) is 4.18. The van der Waals surface area contributed by atoms with Crippen molar-refractivity contribution < 1.29 is 13.6 Å². The highest BCUT2D eigenvalue weighted by atomic mass is 19.1. The summed E-state index contributed by atoms with van der Waals surface area (Å²) >= 11 is 0. The molecule has 0 aliphatic carbocycles. The molecule has 3 aromatic rings. The van der Waals surface area contributed by atoms with Crippen LogP contribution in [0.15, 0.2) is 48.5 Å². The van der Waals surface area contributed by atoms with Crippen LogP contribution in [-0.2, 0) is 5.41 Å². The van der Waals surface area contributed by atoms with Gasteiger partial charge in [-0.2, -0.15) is 5.10 Å². The second-order valence-electron chi connectivity index (χ2n) is 7.62. The molecule has 1 aromatic heterocycles. The lowest BCUT2D eigenvalue weighted by Gasteiger charge is -2.14. The van der Waals surface area contributed by atoms with Gasteiger partial charge >= 0.3 is 6.03 Å². The monoisotopic (exact) mass is 384 g/mol. The molecule has 7 heteroatoms. The summed E-state index contributed by atoms with van der Waals surface area (Å²) in [5, 5.41) is 9.71. The normalized spacial score (nSPS) is 11.4. The molecule has 3 rings (SSSR count). The quantitative estimate of drug-likeness (QED) is 0.635. The Morgan fingerprint density at radius 3 is 2.29 bits per heavy atom. The van der Waals surface area contributed by atoms with Crippen LogP contribution < -0.4 is 10.6 Å². The van der Waals surface area contributed by atoms with Crippen LogP contribution in [0.2, 0.25) is 0 Å². The fourth-order valence-electron chi connectivity index (χ4n) is 2.58. The van der Waals surface area contributed by atoms with Crippen LogP contribution in [0.3, 0.4) is 0 Å². The molecule has 2 amide bonds. The molecule has 0 saturated heterocycles. The van der Waals surface area contributed by atoms with Gasteiger partial charge < -0.3 is 5.32 Å². The number of rotatable bonds is 3. The minimum atomic E-state index is -0.849. The molecule has 146 valence electrons. The van der Waals surface area contributed by atoms with Crippen molar-refractivity contribution in [3.63, 3.8) is 0 Å². The van der Waals surface area contributed by atoms with Crippen molar-refractivity contribution in [2.45, 2.75) is 33.1 Å². The van der Waals surface area contributed by atoms with Crippen molar-refractivity contribution in [3.8, 4) is 5.69 Å². The predicted molar refractivity (Wildman–Crippen MR) is 106 cm³/mol. The van der Waals surface area contributed by atoms with Gasteiger partial charge in [0.1, 0.15) is 17.5 Å². The molecule has 2 aromatic carbocycles. The lowest BCUT2D eigenvalue weighted by Crippen LogP contribution is -2.22. The molecule has 0 saturated carbocycles. The van der Waals surface area contributed by atoms with E-state index in [1.807, 2.05) is 52.0 Å². The Balaban J connectivity index is 1.90. The number of carbonyl (C=O) groups excluding carboxylic acids is 1. The Hall–Kier alpha value is -3.22. The predicted octanol–water partition coefficient (Wildman–Crippen LogP) is 5.40. The molecule has 0 spiro atoms. The highest BCUT2D eigenvalue weighted by Gasteiger charge is 2.21. The molecular weight excluding hydrogens is 362 g/mol. The average Bonchev–Trinajstić information content (AvgIpc) is 3.02. The van der Waals surface area contributed by atoms with E-state index in [2.05, 4.69) is 15.7 Å². The van der Waals surface area contributed by atoms with E-state index >= 15 is 0 Å². The van der Waals surface area contributed by atoms with Crippen LogP contribution in [0, 0.1) is 18.6 Å². The van der Waals surface area contributed by atoms with Crippen LogP contribution in [0.5, 0.6) is 0 Å². The number of urea groups is 1. The van der Waals surface area contributed by atoms with Gasteiger partial charge in [0.15, 0.2) is 0 Å². The van der Waals surface area contributed by atoms with Crippen LogP contribution in [0.4, 0.5) is 25.1 Å². The SMILES string of the molecule is Cc1ccc(-n2nc(C(C)(C)C)cc2NC(=O)Nc2ccc(F)cc2F)cc1. The second kappa shape index (κ2) is 7.42. The first-order chi connectivity index (χ1) is 13.1. The fourth-order valence-corrected chi connectivity index (χ4v) is 2.58. The van der Waals surface area contributed by atoms with E-state index < -0.39 is 17.7 Å². The summed E-state index contributed by atoms with van der Waals surface area (Å²) in [7, 11) is 0. The number of amides is 2. The highest BCUT2D eigenvalue weighted by molar-refractivity contribution is 5.99. The molecule has 0 fully saturated rings. The Morgan fingerprint density at radius 2 is 1.68 bits per heavy atom. The fraction of sp³-hybridized carbons (Fsp3) is 0.238. The molecular formula is C21H22F2N4O. The van der Waals surface area contributed by atoms with Crippen molar-refractivity contribution in [2.75, 3.05) is 10.6 Å². The molecule has 0 bridgehead atoms. The van der Waals surface area contributed by atoms with Gasteiger partial charge in [-0.05, 0) is 31.2 Å². The van der Waals surface area contributed by atoms with Crippen molar-refractivity contribution >= 4 is 17.5 Å². The largest absolute Gasteiger partial charge is 0.324 e. The highest BCUT2D eigenvalue weighted by Crippen LogP contribution is 2.26. The molecule has 0 aliphatic heterocycles. The Kier molecular flexibility index (Phi) is 5.18. The maximum absolute atomic E-state index is 13.8. The third-order valence-electron chi connectivity index (χ3n) is 4.18. The average molecular weight is 384 g/mol. The number of halogens is 2. The lowest BCUT2D eigenvalue weighted by atomic mass is 9.92. The van der Waals surface area contributed by atoms with Gasteiger partial charge in [-0.1, -0.05) is 38.5 Å². The van der Waals surface area contributed by atoms with Crippen molar-refractivity contribution in [1.82, 2.24) is 9.78 Å². The van der Waals surface area contributed by atoms with Crippen molar-refractivity contribution in [2.24, 2.45) is 0 Å². The van der Waals surface area contributed by atoms with E-state index in [1.165, 1.54) is 6.07 Å². The summed E-state index contributed by atoms with van der Waals surface area (Å²) in [6.07, 6.45) is 0. The zero-order chi connectivity index (χ0) is 20.5. The first-order valence-corrected chi connectivity index (χ1v) is 8.84. The molecule has 0 radical (unpaired) electrons. The number of aryl methyl sites for hydroxylation is 1. The summed E-state index contributed by atoms with van der Waals surface area (Å²) < 4.78 is 28.5. The summed E-state index contributed by atoms with van der Waals surface area (Å²) in [6, 6.07) is 11.8. The van der Waals surface area contributed by atoms with E-state index in [1.54, 1.807) is 10.7 Å². The van der Waals surface area contributed by atoms with Gasteiger partial charge in [-0.25, -0.2) is 18.3 Å². The van der Waals surface area contributed by atoms with Gasteiger partial charge in [0, 0.05) is 17.5 Å². The smallest absolute Gasteiger partial charge is 0.305 e. The third kappa shape index (κ3) is 4.36. The van der Waals surface area contributed by atoms with Gasteiger partial charge in [0.25, 0.3) is 0 Å². The van der Waals surface area contributed by atoms with Gasteiger partial charge in [-0.15, -0.1) is 0 Å². The molecule has 28 heavy (non-hydrogen) atoms. The number of hydrogen-bond donors (Lipinski definition) is 2. The van der Waals surface area contributed by atoms with Gasteiger partial charge in [0.2, 0.25) is 0 Å². The van der Waals surface area contributed by atoms with E-state index in [0.717, 1.165) is 23.0 Å². The Bertz CT molecular complexity index is 1000. The minimum absolute atomic E-state index is 0.114. The van der Waals surface area contributed by atoms with E-state index in [9.17, 15) is 13.6 Å². The van der Waals surface area contributed by atoms with Gasteiger partial charge in [0.05, 0.1) is 17.1 Å². The van der Waals surface area contributed by atoms with Crippen molar-refractivity contribution in [1.29, 1.82) is 0 Å². The number of nitrogens with one attached hydrogen (secondary N) is 2. The van der Waals surface area contributed by atoms with E-state index in [4.69, 9.17) is 0 Å². The molecule has 5 nitrogen and oxygen atoms in total. The number of aromatic nitrogens is 2. The van der Waals surface area contributed by atoms with Crippen LogP contribution in [0.25, 0.3) is 5.69 Å². The van der Waals surface area contributed by atoms with Gasteiger partial charge in [-0.3, -0.25) is 5.32 Å². The summed E-state index contributed by atoms with van der Waals surface area (Å²) in [6.45, 7) is 8.04. The Labute approximate surface area is 162 Å². The van der Waals surface area contributed by atoms with Crippen LogP contribution in [-0.4, -0.2) is 15.8 Å². The van der Waals surface area contributed by atoms with E-state index in [-0.39, 0.29) is 11.1 Å². The summed E-state index contributed by atoms with van der Waals surface area (Å²) in [5.74, 6) is -1.12. The molecule has 0 aliphatic rings. The first-order valence-electron chi connectivity index (χ1n) is 8.84. The topological polar surface area (TPSA) is 59.0 Å². The van der Waals surface area contributed by atoms with Crippen LogP contribution in [0.1, 0.15) is 32.0 Å². The summed E-state index contributed by atoms with van der Waals surface area (Å²) in [4.78, 5) is 12.4. The minimum Gasteiger partial charge on any atom is -0.305 e. The molecule has 2 N–H and O–H groups in total. The lowest BCUT2D eigenvalue weighted by molar-refractivity contribution is 0.262. The molecule has 0 unspecified atom stereocenters. The molecule has 0 atom stereocenters. The van der Waals surface area contributed by atoms with E-state index in [0.29, 0.717) is 11.9 Å². The maximum Gasteiger partial charge on any atom is 0.324 e. The van der Waals surface area contributed by atoms with Crippen LogP contribution >= 0.6 is 0 Å². The number of anilines is 2.